The van der Waals surface area contributed by atoms with E-state index in [2.05, 4.69) is 15.0 Å². The molecule has 0 spiro atoms. The van der Waals surface area contributed by atoms with Crippen molar-refractivity contribution in [1.82, 2.24) is 19.5 Å². The fraction of sp³-hybridized carbons (Fsp3) is 0.143. The first kappa shape index (κ1) is 17.4. The third kappa shape index (κ3) is 3.59. The van der Waals surface area contributed by atoms with E-state index in [0.29, 0.717) is 29.5 Å². The van der Waals surface area contributed by atoms with Gasteiger partial charge in [0.25, 0.3) is 5.56 Å². The zero-order valence-electron chi connectivity index (χ0n) is 14.8. The lowest BCUT2D eigenvalue weighted by Crippen LogP contribution is -2.25. The Balaban J connectivity index is 1.83. The first-order chi connectivity index (χ1) is 13.1. The number of benzene rings is 2. The summed E-state index contributed by atoms with van der Waals surface area (Å²) < 4.78 is 1.68. The second-order valence-electron chi connectivity index (χ2n) is 6.37. The Morgan fingerprint density at radius 3 is 2.59 bits per heavy atom. The molecule has 2 heterocycles. The van der Waals surface area contributed by atoms with Crippen molar-refractivity contribution in [2.24, 2.45) is 0 Å². The van der Waals surface area contributed by atoms with E-state index in [4.69, 9.17) is 11.6 Å². The number of halogens is 1. The van der Waals surface area contributed by atoms with E-state index < -0.39 is 0 Å². The highest BCUT2D eigenvalue weighted by atomic mass is 35.5. The fourth-order valence-corrected chi connectivity index (χ4v) is 3.18. The predicted molar refractivity (Wildman–Crippen MR) is 107 cm³/mol. The molecule has 5 nitrogen and oxygen atoms in total. The van der Waals surface area contributed by atoms with Crippen LogP contribution in [-0.4, -0.2) is 19.5 Å². The Bertz CT molecular complexity index is 1170. The van der Waals surface area contributed by atoms with Crippen molar-refractivity contribution in [2.45, 2.75) is 19.9 Å². The van der Waals surface area contributed by atoms with Gasteiger partial charge in [0.05, 0.1) is 0 Å². The third-order valence-corrected chi connectivity index (χ3v) is 4.66. The molecule has 0 saturated carbocycles. The van der Waals surface area contributed by atoms with Crippen LogP contribution in [0.2, 0.25) is 5.02 Å². The van der Waals surface area contributed by atoms with Gasteiger partial charge >= 0.3 is 0 Å². The molecule has 0 bridgehead atoms. The summed E-state index contributed by atoms with van der Waals surface area (Å²) in [5.41, 5.74) is 3.55. The van der Waals surface area contributed by atoms with Gasteiger partial charge in [-0.2, -0.15) is 0 Å². The van der Waals surface area contributed by atoms with Crippen LogP contribution in [-0.2, 0) is 13.0 Å². The van der Waals surface area contributed by atoms with Crippen LogP contribution in [0.25, 0.3) is 22.6 Å². The van der Waals surface area contributed by atoms with Crippen LogP contribution in [0.5, 0.6) is 0 Å². The van der Waals surface area contributed by atoms with E-state index in [1.807, 2.05) is 55.5 Å². The second kappa shape index (κ2) is 7.29. The SMILES string of the molecule is Cc1cccc(-c2nc3nccnc3c(=O)n2CCc2ccc(Cl)cc2)c1. The molecule has 0 radical (unpaired) electrons. The summed E-state index contributed by atoms with van der Waals surface area (Å²) in [6, 6.07) is 15.6. The summed E-state index contributed by atoms with van der Waals surface area (Å²) in [6.45, 7) is 2.50. The highest BCUT2D eigenvalue weighted by Gasteiger charge is 2.14. The molecule has 134 valence electrons. The van der Waals surface area contributed by atoms with E-state index in [0.717, 1.165) is 16.7 Å². The number of hydrogen-bond acceptors (Lipinski definition) is 4. The van der Waals surface area contributed by atoms with Gasteiger partial charge in [-0.3, -0.25) is 9.36 Å². The van der Waals surface area contributed by atoms with Gasteiger partial charge in [0, 0.05) is 29.5 Å². The number of rotatable bonds is 4. The topological polar surface area (TPSA) is 60.7 Å². The molecule has 6 heteroatoms. The van der Waals surface area contributed by atoms with Gasteiger partial charge in [0.15, 0.2) is 11.2 Å². The molecule has 0 atom stereocenters. The van der Waals surface area contributed by atoms with Gasteiger partial charge < -0.3 is 0 Å². The Hall–Kier alpha value is -3.05. The van der Waals surface area contributed by atoms with E-state index >= 15 is 0 Å². The Morgan fingerprint density at radius 1 is 1.04 bits per heavy atom. The van der Waals surface area contributed by atoms with Crippen LogP contribution in [0.3, 0.4) is 0 Å². The molecule has 0 amide bonds. The molecule has 4 rings (SSSR count). The lowest BCUT2D eigenvalue weighted by molar-refractivity contribution is 0.669. The van der Waals surface area contributed by atoms with Crippen LogP contribution in [0.15, 0.2) is 65.7 Å². The standard InChI is InChI=1S/C21H17ClN4O/c1-14-3-2-4-16(13-14)20-25-19-18(23-10-11-24-19)21(27)26(20)12-9-15-5-7-17(22)8-6-15/h2-8,10-11,13H,9,12H2,1H3. The van der Waals surface area contributed by atoms with Gasteiger partial charge in [-0.25, -0.2) is 15.0 Å². The highest BCUT2D eigenvalue weighted by Crippen LogP contribution is 2.19. The van der Waals surface area contributed by atoms with E-state index in [-0.39, 0.29) is 11.1 Å². The number of nitrogens with zero attached hydrogens (tertiary/aromatic N) is 4. The van der Waals surface area contributed by atoms with Gasteiger partial charge in [-0.05, 0) is 37.1 Å². The zero-order valence-corrected chi connectivity index (χ0v) is 15.5. The van der Waals surface area contributed by atoms with E-state index in [1.54, 1.807) is 10.8 Å². The van der Waals surface area contributed by atoms with Crippen molar-refractivity contribution < 1.29 is 0 Å². The van der Waals surface area contributed by atoms with Crippen LogP contribution in [0, 0.1) is 6.92 Å². The van der Waals surface area contributed by atoms with Crippen molar-refractivity contribution in [3.05, 3.63) is 87.4 Å². The molecule has 0 aliphatic carbocycles. The first-order valence-corrected chi connectivity index (χ1v) is 9.02. The first-order valence-electron chi connectivity index (χ1n) is 8.65. The molecule has 0 unspecified atom stereocenters. The molecule has 0 fully saturated rings. The molecule has 0 saturated heterocycles. The monoisotopic (exact) mass is 376 g/mol. The van der Waals surface area contributed by atoms with Crippen molar-refractivity contribution in [1.29, 1.82) is 0 Å². The van der Waals surface area contributed by atoms with E-state index in [9.17, 15) is 4.79 Å². The van der Waals surface area contributed by atoms with Gasteiger partial charge in [-0.15, -0.1) is 0 Å². The van der Waals surface area contributed by atoms with E-state index in [1.165, 1.54) is 6.20 Å². The average molecular weight is 377 g/mol. The summed E-state index contributed by atoms with van der Waals surface area (Å²) in [4.78, 5) is 26.1. The molecule has 27 heavy (non-hydrogen) atoms. The van der Waals surface area contributed by atoms with Gasteiger partial charge in [0.1, 0.15) is 5.82 Å². The molecule has 2 aromatic carbocycles. The van der Waals surface area contributed by atoms with Crippen molar-refractivity contribution in [3.63, 3.8) is 0 Å². The molecule has 0 N–H and O–H groups in total. The highest BCUT2D eigenvalue weighted by molar-refractivity contribution is 6.30. The maximum Gasteiger partial charge on any atom is 0.281 e. The maximum absolute atomic E-state index is 13.1. The summed E-state index contributed by atoms with van der Waals surface area (Å²) in [7, 11) is 0. The fourth-order valence-electron chi connectivity index (χ4n) is 3.05. The number of hydrogen-bond donors (Lipinski definition) is 0. The quantitative estimate of drug-likeness (QED) is 0.539. The average Bonchev–Trinajstić information content (AvgIpc) is 2.68. The van der Waals surface area contributed by atoms with Gasteiger partial charge in [0.2, 0.25) is 0 Å². The minimum absolute atomic E-state index is 0.182. The minimum Gasteiger partial charge on any atom is -0.290 e. The smallest absolute Gasteiger partial charge is 0.281 e. The van der Waals surface area contributed by atoms with Crippen molar-refractivity contribution >= 4 is 22.8 Å². The molecule has 4 aromatic rings. The number of aryl methyl sites for hydroxylation is 2. The van der Waals surface area contributed by atoms with Crippen molar-refractivity contribution in [2.75, 3.05) is 0 Å². The van der Waals surface area contributed by atoms with Crippen LogP contribution in [0.4, 0.5) is 0 Å². The third-order valence-electron chi connectivity index (χ3n) is 4.41. The molecule has 0 aliphatic heterocycles. The summed E-state index contributed by atoms with van der Waals surface area (Å²) in [5.74, 6) is 0.602. The van der Waals surface area contributed by atoms with Crippen molar-refractivity contribution in [3.8, 4) is 11.4 Å². The largest absolute Gasteiger partial charge is 0.290 e. The minimum atomic E-state index is -0.182. The maximum atomic E-state index is 13.1. The Labute approximate surface area is 161 Å². The summed E-state index contributed by atoms with van der Waals surface area (Å²) in [5, 5.41) is 0.694. The Kier molecular flexibility index (Phi) is 4.69. The second-order valence-corrected chi connectivity index (χ2v) is 6.80. The summed E-state index contributed by atoms with van der Waals surface area (Å²) in [6.07, 6.45) is 3.75. The van der Waals surface area contributed by atoms with Gasteiger partial charge in [-0.1, -0.05) is 47.5 Å². The lowest BCUT2D eigenvalue weighted by Gasteiger charge is -2.13. The van der Waals surface area contributed by atoms with Crippen LogP contribution < -0.4 is 5.56 Å². The lowest BCUT2D eigenvalue weighted by atomic mass is 10.1. The molecular weight excluding hydrogens is 360 g/mol. The predicted octanol–water partition coefficient (Wildman–Crippen LogP) is 4.06. The molecule has 2 aromatic heterocycles. The zero-order chi connectivity index (χ0) is 18.8. The summed E-state index contributed by atoms with van der Waals surface area (Å²) >= 11 is 5.96. The number of aromatic nitrogens is 4. The molecule has 0 aliphatic rings. The molecular formula is C21H17ClN4O. The Morgan fingerprint density at radius 2 is 1.81 bits per heavy atom. The number of fused-ring (bicyclic) bond motifs is 1. The van der Waals surface area contributed by atoms with Crippen LogP contribution in [0.1, 0.15) is 11.1 Å². The van der Waals surface area contributed by atoms with Crippen LogP contribution >= 0.6 is 11.6 Å². The normalized spacial score (nSPS) is 11.0.